The fraction of sp³-hybridized carbons (Fsp3) is 0.200. The molecule has 0 spiro atoms. The maximum absolute atomic E-state index is 11.5. The molecule has 4 N–H and O–H groups in total. The van der Waals surface area contributed by atoms with Crippen LogP contribution in [0.25, 0.3) is 0 Å². The van der Waals surface area contributed by atoms with Crippen LogP contribution in [0, 0.1) is 13.8 Å². The third-order valence-electron chi connectivity index (χ3n) is 3.35. The first kappa shape index (κ1) is 17.1. The number of aliphatic imine (C=N–C) groups is 1. The van der Waals surface area contributed by atoms with E-state index in [1.807, 2.05) is 0 Å². The second kappa shape index (κ2) is 6.45. The quantitative estimate of drug-likeness (QED) is 0.726. The molecule has 0 aliphatic heterocycles. The van der Waals surface area contributed by atoms with Gasteiger partial charge in [-0.1, -0.05) is 6.07 Å². The van der Waals surface area contributed by atoms with Gasteiger partial charge in [0.1, 0.15) is 5.75 Å². The molecule has 0 fully saturated rings. The highest BCUT2D eigenvalue weighted by molar-refractivity contribution is 7.89. The zero-order valence-corrected chi connectivity index (χ0v) is 13.5. The average Bonchev–Trinajstić information content (AvgIpc) is 2.49. The molecule has 0 amide bonds. The van der Waals surface area contributed by atoms with Crippen molar-refractivity contribution in [3.05, 3.63) is 46.8 Å². The molecule has 0 aliphatic carbocycles. The number of nitrogens with two attached hydrogens (primary N) is 1. The van der Waals surface area contributed by atoms with Crippen LogP contribution in [0.2, 0.25) is 0 Å². The topological polar surface area (TPSA) is 126 Å². The van der Waals surface area contributed by atoms with E-state index in [0.29, 0.717) is 28.1 Å². The molecule has 0 aliphatic rings. The minimum Gasteiger partial charge on any atom is -0.505 e. The lowest BCUT2D eigenvalue weighted by Gasteiger charge is -2.07. The van der Waals surface area contributed by atoms with Crippen LogP contribution in [0.5, 0.6) is 5.75 Å². The first-order chi connectivity index (χ1) is 10.7. The summed E-state index contributed by atoms with van der Waals surface area (Å²) in [4.78, 5) is 8.10. The van der Waals surface area contributed by atoms with E-state index in [4.69, 9.17) is 5.14 Å². The number of pyridine rings is 1. The number of aryl methyl sites for hydroxylation is 2. The Bertz CT molecular complexity index is 877. The van der Waals surface area contributed by atoms with E-state index in [-0.39, 0.29) is 17.3 Å². The average molecular weight is 335 g/mol. The Morgan fingerprint density at radius 1 is 1.35 bits per heavy atom. The number of hydrogen-bond acceptors (Lipinski definition) is 6. The first-order valence-corrected chi connectivity index (χ1v) is 8.24. The van der Waals surface area contributed by atoms with Gasteiger partial charge < -0.3 is 10.2 Å². The zero-order chi connectivity index (χ0) is 17.2. The molecule has 1 aromatic heterocycles. The zero-order valence-electron chi connectivity index (χ0n) is 12.7. The van der Waals surface area contributed by atoms with E-state index in [9.17, 15) is 18.6 Å². The number of benzene rings is 1. The normalized spacial score (nSPS) is 12.0. The molecular formula is C15H17N3O4S. The van der Waals surface area contributed by atoms with Crippen molar-refractivity contribution in [2.75, 3.05) is 0 Å². The van der Waals surface area contributed by atoms with Crippen molar-refractivity contribution < 1.29 is 18.6 Å². The Labute approximate surface area is 134 Å². The van der Waals surface area contributed by atoms with Crippen molar-refractivity contribution in [2.24, 2.45) is 10.1 Å². The van der Waals surface area contributed by atoms with E-state index < -0.39 is 10.0 Å². The third kappa shape index (κ3) is 3.73. The largest absolute Gasteiger partial charge is 0.505 e. The summed E-state index contributed by atoms with van der Waals surface area (Å²) in [5.74, 6) is -0.0842. The van der Waals surface area contributed by atoms with Crippen LogP contribution in [0.3, 0.4) is 0 Å². The van der Waals surface area contributed by atoms with Crippen LogP contribution < -0.4 is 5.14 Å². The van der Waals surface area contributed by atoms with Crippen LogP contribution in [0.1, 0.15) is 22.4 Å². The summed E-state index contributed by atoms with van der Waals surface area (Å²) in [5.41, 5.74) is 2.02. The van der Waals surface area contributed by atoms with Gasteiger partial charge in [-0.25, -0.2) is 13.6 Å². The lowest BCUT2D eigenvalue weighted by molar-refractivity contribution is 0.280. The Balaban J connectivity index is 2.48. The van der Waals surface area contributed by atoms with Gasteiger partial charge in [-0.3, -0.25) is 9.98 Å². The van der Waals surface area contributed by atoms with E-state index in [0.717, 1.165) is 0 Å². The molecular weight excluding hydrogens is 318 g/mol. The van der Waals surface area contributed by atoms with Gasteiger partial charge in [-0.05, 0) is 31.5 Å². The molecule has 1 heterocycles. The molecule has 0 unspecified atom stereocenters. The molecule has 2 aromatic rings. The molecule has 1 aromatic carbocycles. The molecule has 0 saturated carbocycles. The minimum atomic E-state index is -3.84. The Morgan fingerprint density at radius 2 is 2.04 bits per heavy atom. The Hall–Kier alpha value is -2.29. The van der Waals surface area contributed by atoms with Gasteiger partial charge in [0.25, 0.3) is 0 Å². The highest BCUT2D eigenvalue weighted by Crippen LogP contribution is 2.25. The maximum atomic E-state index is 11.5. The molecule has 7 nitrogen and oxygen atoms in total. The summed E-state index contributed by atoms with van der Waals surface area (Å²) in [7, 11) is -3.84. The molecule has 23 heavy (non-hydrogen) atoms. The number of rotatable bonds is 4. The van der Waals surface area contributed by atoms with Gasteiger partial charge in [0.2, 0.25) is 10.0 Å². The molecule has 0 saturated heterocycles. The maximum Gasteiger partial charge on any atom is 0.238 e. The minimum absolute atomic E-state index is 0.00957. The second-order valence-corrected chi connectivity index (χ2v) is 6.57. The summed E-state index contributed by atoms with van der Waals surface area (Å²) < 4.78 is 23.0. The number of primary sulfonamides is 1. The number of aliphatic hydroxyl groups excluding tert-OH is 1. The van der Waals surface area contributed by atoms with Gasteiger partial charge in [0.15, 0.2) is 0 Å². The molecule has 0 atom stereocenters. The summed E-state index contributed by atoms with van der Waals surface area (Å²) in [6.45, 7) is 2.95. The van der Waals surface area contributed by atoms with Gasteiger partial charge in [-0.15, -0.1) is 0 Å². The highest BCUT2D eigenvalue weighted by Gasteiger charge is 2.12. The smallest absolute Gasteiger partial charge is 0.238 e. The summed E-state index contributed by atoms with van der Waals surface area (Å²) >= 11 is 0. The Kier molecular flexibility index (Phi) is 4.79. The predicted octanol–water partition coefficient (Wildman–Crippen LogP) is 1.29. The van der Waals surface area contributed by atoms with Crippen molar-refractivity contribution in [3.8, 4) is 5.75 Å². The monoisotopic (exact) mass is 335 g/mol. The van der Waals surface area contributed by atoms with Gasteiger partial charge in [0, 0.05) is 23.5 Å². The standard InChI is InChI=1S/C15H17N3O4S/c1-9-3-4-12(5-14(9)23(16,21)22)18-7-13-11(8-19)6-17-10(2)15(13)20/h3-7,19-20H,8H2,1-2H3,(H2,16,21,22). The van der Waals surface area contributed by atoms with E-state index >= 15 is 0 Å². The SMILES string of the molecule is Cc1ccc(N=Cc2c(CO)cnc(C)c2O)cc1S(N)(=O)=O. The van der Waals surface area contributed by atoms with Crippen LogP contribution in [0.15, 0.2) is 34.3 Å². The van der Waals surface area contributed by atoms with Crippen LogP contribution in [-0.2, 0) is 16.6 Å². The van der Waals surface area contributed by atoms with E-state index in [1.54, 1.807) is 26.0 Å². The van der Waals surface area contributed by atoms with Crippen molar-refractivity contribution >= 4 is 21.9 Å². The number of aliphatic hydroxyl groups is 1. The lowest BCUT2D eigenvalue weighted by Crippen LogP contribution is -2.13. The summed E-state index contributed by atoms with van der Waals surface area (Å²) in [6, 6.07) is 4.58. The van der Waals surface area contributed by atoms with Crippen LogP contribution in [0.4, 0.5) is 5.69 Å². The van der Waals surface area contributed by atoms with E-state index in [1.165, 1.54) is 18.5 Å². The van der Waals surface area contributed by atoms with Crippen molar-refractivity contribution in [3.63, 3.8) is 0 Å². The second-order valence-electron chi connectivity index (χ2n) is 5.04. The van der Waals surface area contributed by atoms with Gasteiger partial charge in [-0.2, -0.15) is 0 Å². The predicted molar refractivity (Wildman–Crippen MR) is 86.4 cm³/mol. The van der Waals surface area contributed by atoms with Crippen molar-refractivity contribution in [1.82, 2.24) is 4.98 Å². The summed E-state index contributed by atoms with van der Waals surface area (Å²) in [5, 5.41) is 24.5. The highest BCUT2D eigenvalue weighted by atomic mass is 32.2. The van der Waals surface area contributed by atoms with Crippen LogP contribution in [-0.4, -0.2) is 29.8 Å². The molecule has 0 bridgehead atoms. The number of aromatic hydroxyl groups is 1. The summed E-state index contributed by atoms with van der Waals surface area (Å²) in [6.07, 6.45) is 2.80. The lowest BCUT2D eigenvalue weighted by atomic mass is 10.1. The van der Waals surface area contributed by atoms with Gasteiger partial charge >= 0.3 is 0 Å². The first-order valence-electron chi connectivity index (χ1n) is 6.70. The fourth-order valence-corrected chi connectivity index (χ4v) is 2.84. The van der Waals surface area contributed by atoms with Crippen molar-refractivity contribution in [1.29, 1.82) is 0 Å². The van der Waals surface area contributed by atoms with Crippen molar-refractivity contribution in [2.45, 2.75) is 25.3 Å². The van der Waals surface area contributed by atoms with Crippen LogP contribution >= 0.6 is 0 Å². The van der Waals surface area contributed by atoms with E-state index in [2.05, 4.69) is 9.98 Å². The number of nitrogens with zero attached hydrogens (tertiary/aromatic N) is 2. The molecule has 8 heteroatoms. The Morgan fingerprint density at radius 3 is 2.65 bits per heavy atom. The third-order valence-corrected chi connectivity index (χ3v) is 4.40. The molecule has 122 valence electrons. The molecule has 0 radical (unpaired) electrons. The number of sulfonamides is 1. The number of hydrogen-bond donors (Lipinski definition) is 3. The number of aromatic nitrogens is 1. The fourth-order valence-electron chi connectivity index (χ4n) is 2.04. The van der Waals surface area contributed by atoms with Gasteiger partial charge in [0.05, 0.1) is 22.9 Å². The molecule has 2 rings (SSSR count).